The third kappa shape index (κ3) is 5.09. The fourth-order valence-electron chi connectivity index (χ4n) is 2.30. The van der Waals surface area contributed by atoms with Gasteiger partial charge in [-0.1, -0.05) is 13.8 Å². The average Bonchev–Trinajstić information content (AvgIpc) is 3.20. The molecule has 1 heterocycles. The van der Waals surface area contributed by atoms with Crippen molar-refractivity contribution in [1.82, 2.24) is 19.8 Å². The minimum absolute atomic E-state index is 0.258. The van der Waals surface area contributed by atoms with Crippen molar-refractivity contribution in [2.45, 2.75) is 44.6 Å². The lowest BCUT2D eigenvalue weighted by Crippen LogP contribution is -2.29. The van der Waals surface area contributed by atoms with Gasteiger partial charge in [-0.25, -0.2) is 13.1 Å². The first-order valence-corrected chi connectivity index (χ1v) is 9.24. The van der Waals surface area contributed by atoms with E-state index < -0.39 is 10.0 Å². The number of hydrogen-bond acceptors (Lipinski definition) is 4. The maximum absolute atomic E-state index is 12.2. The number of rotatable bonds is 10. The maximum atomic E-state index is 12.2. The van der Waals surface area contributed by atoms with Gasteiger partial charge in [0.1, 0.15) is 4.90 Å². The monoisotopic (exact) mass is 314 g/mol. The largest absolute Gasteiger partial charge is 0.317 e. The van der Waals surface area contributed by atoms with E-state index in [4.69, 9.17) is 0 Å². The van der Waals surface area contributed by atoms with Gasteiger partial charge in [0.25, 0.3) is 0 Å². The summed E-state index contributed by atoms with van der Waals surface area (Å²) in [7, 11) is -3.42. The van der Waals surface area contributed by atoms with Gasteiger partial charge in [0, 0.05) is 19.3 Å². The fourth-order valence-corrected chi connectivity index (χ4v) is 3.40. The molecule has 0 spiro atoms. The Labute approximate surface area is 127 Å². The number of nitrogens with zero attached hydrogens (tertiary/aromatic N) is 2. The standard InChI is InChI=1S/C14H26N4O2S/c1-3-15-7-4-8-18-11-14(10-16-18)21(19,20)17-9-12(2)13-5-6-13/h10-13,15,17H,3-9H2,1-2H3. The molecule has 0 amide bonds. The smallest absolute Gasteiger partial charge is 0.243 e. The molecule has 1 aliphatic carbocycles. The molecule has 2 N–H and O–H groups in total. The van der Waals surface area contributed by atoms with Crippen LogP contribution >= 0.6 is 0 Å². The molecule has 0 bridgehead atoms. The quantitative estimate of drug-likeness (QED) is 0.637. The second-order valence-corrected chi connectivity index (χ2v) is 7.58. The molecule has 1 atom stereocenters. The molecule has 1 aliphatic rings. The van der Waals surface area contributed by atoms with E-state index in [9.17, 15) is 8.42 Å². The highest BCUT2D eigenvalue weighted by Gasteiger charge is 2.29. The van der Waals surface area contributed by atoms with Crippen molar-refractivity contribution >= 4 is 10.0 Å². The summed E-state index contributed by atoms with van der Waals surface area (Å²) in [5, 5.41) is 7.36. The van der Waals surface area contributed by atoms with Crippen LogP contribution in [0, 0.1) is 11.8 Å². The molecule has 0 radical (unpaired) electrons. The Hall–Kier alpha value is -0.920. The predicted octanol–water partition coefficient (Wildman–Crippen LogP) is 1.21. The van der Waals surface area contributed by atoms with Gasteiger partial charge in [0.05, 0.1) is 6.20 Å². The molecular weight excluding hydrogens is 288 g/mol. The number of hydrogen-bond donors (Lipinski definition) is 2. The lowest BCUT2D eigenvalue weighted by Gasteiger charge is -2.10. The predicted molar refractivity (Wildman–Crippen MR) is 82.5 cm³/mol. The minimum Gasteiger partial charge on any atom is -0.317 e. The Kier molecular flexibility index (Phi) is 5.78. The summed E-state index contributed by atoms with van der Waals surface area (Å²) in [6.07, 6.45) is 6.42. The molecule has 7 heteroatoms. The van der Waals surface area contributed by atoms with E-state index in [1.54, 1.807) is 10.9 Å². The lowest BCUT2D eigenvalue weighted by atomic mass is 10.1. The summed E-state index contributed by atoms with van der Waals surface area (Å²) in [5.41, 5.74) is 0. The van der Waals surface area contributed by atoms with Crippen LogP contribution in [0.15, 0.2) is 17.3 Å². The van der Waals surface area contributed by atoms with E-state index in [1.807, 2.05) is 0 Å². The highest BCUT2D eigenvalue weighted by atomic mass is 32.2. The molecule has 1 aromatic heterocycles. The normalized spacial score (nSPS) is 17.0. The molecule has 1 saturated carbocycles. The van der Waals surface area contributed by atoms with Crippen LogP contribution in [0.25, 0.3) is 0 Å². The number of aryl methyl sites for hydroxylation is 1. The number of nitrogens with one attached hydrogen (secondary N) is 2. The maximum Gasteiger partial charge on any atom is 0.243 e. The van der Waals surface area contributed by atoms with Crippen molar-refractivity contribution in [1.29, 1.82) is 0 Å². The van der Waals surface area contributed by atoms with Crippen LogP contribution in [-0.4, -0.2) is 37.8 Å². The van der Waals surface area contributed by atoms with Gasteiger partial charge in [0.15, 0.2) is 0 Å². The van der Waals surface area contributed by atoms with Gasteiger partial charge in [-0.2, -0.15) is 5.10 Å². The summed E-state index contributed by atoms with van der Waals surface area (Å²) in [6.45, 7) is 7.26. The summed E-state index contributed by atoms with van der Waals surface area (Å²) in [6, 6.07) is 0. The zero-order valence-electron chi connectivity index (χ0n) is 12.9. The van der Waals surface area contributed by atoms with Crippen LogP contribution in [0.1, 0.15) is 33.1 Å². The first-order valence-electron chi connectivity index (χ1n) is 7.75. The second kappa shape index (κ2) is 7.38. The molecular formula is C14H26N4O2S. The third-order valence-electron chi connectivity index (χ3n) is 3.93. The Morgan fingerprint density at radius 1 is 1.48 bits per heavy atom. The molecule has 1 aromatic rings. The molecule has 6 nitrogen and oxygen atoms in total. The Morgan fingerprint density at radius 3 is 2.90 bits per heavy atom. The van der Waals surface area contributed by atoms with Crippen LogP contribution in [0.5, 0.6) is 0 Å². The van der Waals surface area contributed by atoms with E-state index in [1.165, 1.54) is 19.0 Å². The van der Waals surface area contributed by atoms with Gasteiger partial charge in [-0.3, -0.25) is 4.68 Å². The van der Waals surface area contributed by atoms with E-state index in [2.05, 4.69) is 29.0 Å². The Bertz CT molecular complexity index is 537. The Balaban J connectivity index is 1.83. The zero-order valence-corrected chi connectivity index (χ0v) is 13.7. The fraction of sp³-hybridized carbons (Fsp3) is 0.786. The van der Waals surface area contributed by atoms with Gasteiger partial charge in [0.2, 0.25) is 10.0 Å². The molecule has 0 aromatic carbocycles. The SMILES string of the molecule is CCNCCCn1cc(S(=O)(=O)NCC(C)C2CC2)cn1. The molecule has 0 saturated heterocycles. The van der Waals surface area contributed by atoms with Crippen molar-refractivity contribution in [3.8, 4) is 0 Å². The number of aromatic nitrogens is 2. The first kappa shape index (κ1) is 16.5. The topological polar surface area (TPSA) is 76.0 Å². The van der Waals surface area contributed by atoms with Crippen molar-refractivity contribution in [3.63, 3.8) is 0 Å². The van der Waals surface area contributed by atoms with Gasteiger partial charge < -0.3 is 5.32 Å². The Morgan fingerprint density at radius 2 is 2.24 bits per heavy atom. The van der Waals surface area contributed by atoms with Crippen LogP contribution in [0.2, 0.25) is 0 Å². The molecule has 120 valence electrons. The third-order valence-corrected chi connectivity index (χ3v) is 5.31. The molecule has 2 rings (SSSR count). The number of sulfonamides is 1. The molecule has 1 fully saturated rings. The van der Waals surface area contributed by atoms with Gasteiger partial charge in [-0.05, 0) is 44.2 Å². The lowest BCUT2D eigenvalue weighted by molar-refractivity contribution is 0.491. The molecule has 21 heavy (non-hydrogen) atoms. The van der Waals surface area contributed by atoms with Crippen molar-refractivity contribution in [2.24, 2.45) is 11.8 Å². The van der Waals surface area contributed by atoms with Crippen LogP contribution in [-0.2, 0) is 16.6 Å². The van der Waals surface area contributed by atoms with E-state index in [-0.39, 0.29) is 4.90 Å². The molecule has 1 unspecified atom stereocenters. The van der Waals surface area contributed by atoms with Gasteiger partial charge in [-0.15, -0.1) is 0 Å². The first-order chi connectivity index (χ1) is 10.0. The summed E-state index contributed by atoms with van der Waals surface area (Å²) < 4.78 is 28.8. The van der Waals surface area contributed by atoms with E-state index >= 15 is 0 Å². The summed E-state index contributed by atoms with van der Waals surface area (Å²) >= 11 is 0. The van der Waals surface area contributed by atoms with E-state index in [0.29, 0.717) is 18.4 Å². The molecule has 0 aliphatic heterocycles. The van der Waals surface area contributed by atoms with E-state index in [0.717, 1.165) is 26.1 Å². The van der Waals surface area contributed by atoms with Crippen molar-refractivity contribution in [3.05, 3.63) is 12.4 Å². The van der Waals surface area contributed by atoms with Crippen LogP contribution in [0.4, 0.5) is 0 Å². The average molecular weight is 314 g/mol. The highest BCUT2D eigenvalue weighted by molar-refractivity contribution is 7.89. The van der Waals surface area contributed by atoms with Crippen molar-refractivity contribution in [2.75, 3.05) is 19.6 Å². The van der Waals surface area contributed by atoms with Gasteiger partial charge >= 0.3 is 0 Å². The highest BCUT2D eigenvalue weighted by Crippen LogP contribution is 2.36. The summed E-state index contributed by atoms with van der Waals surface area (Å²) in [4.78, 5) is 0.258. The second-order valence-electron chi connectivity index (χ2n) is 5.81. The van der Waals surface area contributed by atoms with Crippen LogP contribution in [0.3, 0.4) is 0 Å². The summed E-state index contributed by atoms with van der Waals surface area (Å²) in [5.74, 6) is 1.11. The van der Waals surface area contributed by atoms with Crippen molar-refractivity contribution < 1.29 is 8.42 Å². The minimum atomic E-state index is -3.42. The van der Waals surface area contributed by atoms with Crippen LogP contribution < -0.4 is 10.0 Å². The zero-order chi connectivity index (χ0) is 15.3.